The van der Waals surface area contributed by atoms with Crippen LogP contribution in [-0.2, 0) is 5.41 Å². The largest absolute Gasteiger partial charge is 0.328 e. The molecule has 0 saturated heterocycles. The molecule has 0 atom stereocenters. The summed E-state index contributed by atoms with van der Waals surface area (Å²) < 4.78 is 2.35. The number of aromatic nitrogens is 2. The zero-order valence-electron chi connectivity index (χ0n) is 31.7. The average Bonchev–Trinajstić information content (AvgIpc) is 3.77. The van der Waals surface area contributed by atoms with Crippen molar-refractivity contribution in [1.29, 1.82) is 0 Å². The van der Waals surface area contributed by atoms with E-state index in [1.807, 2.05) is 6.20 Å². The van der Waals surface area contributed by atoms with Gasteiger partial charge in [0.1, 0.15) is 5.82 Å². The van der Waals surface area contributed by atoms with Crippen LogP contribution in [0.15, 0.2) is 128 Å². The molecule has 1 aliphatic heterocycles. The Kier molecular flexibility index (Phi) is 8.33. The van der Waals surface area contributed by atoms with Crippen molar-refractivity contribution in [1.82, 2.24) is 9.55 Å². The number of pyridine rings is 1. The van der Waals surface area contributed by atoms with Gasteiger partial charge in [0, 0.05) is 40.7 Å². The van der Waals surface area contributed by atoms with Crippen LogP contribution in [-0.4, -0.2) is 22.9 Å². The Hall–Kier alpha value is -5.55. The Morgan fingerprint density at radius 3 is 1.94 bits per heavy atom. The quantitative estimate of drug-likeness (QED) is 0.164. The van der Waals surface area contributed by atoms with Crippen LogP contribution in [0, 0.1) is 34.6 Å². The van der Waals surface area contributed by atoms with Gasteiger partial charge in [0.15, 0.2) is 0 Å². The maximum absolute atomic E-state index is 4.94. The molecule has 0 radical (unpaired) electrons. The monoisotopic (exact) mass is 678 g/mol. The van der Waals surface area contributed by atoms with Crippen LogP contribution in [0.4, 0.5) is 11.4 Å². The summed E-state index contributed by atoms with van der Waals surface area (Å²) in [4.78, 5) is 9.71. The molecule has 0 aliphatic carbocycles. The molecule has 3 heterocycles. The summed E-state index contributed by atoms with van der Waals surface area (Å²) in [6.07, 6.45) is 6.42. The maximum Gasteiger partial charge on any atom is 0.241 e. The SMILES string of the molecule is Cc1c(C)c(C)c(N2C=CN(c3cccc(B(c4ccccc4)c4ccc5c6ccccc6n(-c6cc(C(C)(C)C)ccn6)c5c4)c3)C2)c(C)c1C. The molecule has 0 unspecified atom stereocenters. The van der Waals surface area contributed by atoms with Gasteiger partial charge in [-0.3, -0.25) is 4.57 Å². The van der Waals surface area contributed by atoms with Crippen molar-refractivity contribution in [3.63, 3.8) is 0 Å². The molecule has 2 aromatic heterocycles. The van der Waals surface area contributed by atoms with Crippen LogP contribution < -0.4 is 26.2 Å². The minimum atomic E-state index is 0.0161. The molecule has 0 saturated carbocycles. The van der Waals surface area contributed by atoms with Crippen molar-refractivity contribution in [3.05, 3.63) is 161 Å². The number of benzene rings is 5. The van der Waals surface area contributed by atoms with Gasteiger partial charge in [-0.1, -0.05) is 110 Å². The maximum atomic E-state index is 4.94. The highest BCUT2D eigenvalue weighted by Gasteiger charge is 2.26. The molecule has 0 N–H and O–H groups in total. The van der Waals surface area contributed by atoms with Crippen molar-refractivity contribution in [2.45, 2.75) is 60.8 Å². The molecule has 0 amide bonds. The van der Waals surface area contributed by atoms with Crippen LogP contribution in [0.2, 0.25) is 0 Å². The first-order valence-corrected chi connectivity index (χ1v) is 18.4. The minimum absolute atomic E-state index is 0.0161. The zero-order chi connectivity index (χ0) is 36.3. The number of nitrogens with zero attached hydrogens (tertiary/aromatic N) is 4. The van der Waals surface area contributed by atoms with Gasteiger partial charge in [-0.2, -0.15) is 0 Å². The summed E-state index contributed by atoms with van der Waals surface area (Å²) in [7, 11) is 0. The van der Waals surface area contributed by atoms with Gasteiger partial charge in [-0.05, 0) is 110 Å². The number of hydrogen-bond acceptors (Lipinski definition) is 3. The first-order valence-electron chi connectivity index (χ1n) is 18.4. The number of para-hydroxylation sites is 1. The van der Waals surface area contributed by atoms with Gasteiger partial charge in [0.05, 0.1) is 17.7 Å². The molecule has 4 nitrogen and oxygen atoms in total. The average molecular weight is 679 g/mol. The molecule has 0 bridgehead atoms. The standard InChI is InChI=1S/C47H47BN4/c1-31-32(2)34(4)46(35(5)33(31)3)51-26-25-50(30-51)40-18-14-17-38(28-40)48(37-15-10-9-11-16-37)39-21-22-42-41-19-12-13-20-43(41)52(44(42)29-39)45-27-36(23-24-49-45)47(6,7)8/h9-29H,30H2,1-8H3. The van der Waals surface area contributed by atoms with E-state index in [2.05, 4.69) is 191 Å². The van der Waals surface area contributed by atoms with Gasteiger partial charge in [0.25, 0.3) is 0 Å². The third-order valence-electron chi connectivity index (χ3n) is 11.5. The topological polar surface area (TPSA) is 24.3 Å². The van der Waals surface area contributed by atoms with E-state index < -0.39 is 0 Å². The van der Waals surface area contributed by atoms with E-state index in [4.69, 9.17) is 4.98 Å². The van der Waals surface area contributed by atoms with Gasteiger partial charge in [0.2, 0.25) is 6.71 Å². The molecule has 7 aromatic rings. The van der Waals surface area contributed by atoms with E-state index in [0.29, 0.717) is 0 Å². The summed E-state index contributed by atoms with van der Waals surface area (Å²) in [6, 6.07) is 40.2. The second-order valence-corrected chi connectivity index (χ2v) is 15.6. The highest BCUT2D eigenvalue weighted by molar-refractivity contribution is 6.95. The van der Waals surface area contributed by atoms with Crippen LogP contribution >= 0.6 is 0 Å². The molecular formula is C47H47BN4. The van der Waals surface area contributed by atoms with E-state index in [9.17, 15) is 0 Å². The van der Waals surface area contributed by atoms with Crippen LogP contribution in [0.3, 0.4) is 0 Å². The van der Waals surface area contributed by atoms with Crippen molar-refractivity contribution < 1.29 is 0 Å². The zero-order valence-corrected chi connectivity index (χ0v) is 31.7. The van der Waals surface area contributed by atoms with Gasteiger partial charge < -0.3 is 9.80 Å². The van der Waals surface area contributed by atoms with E-state index in [1.165, 1.54) is 82.9 Å². The molecule has 258 valence electrons. The van der Waals surface area contributed by atoms with E-state index in [1.54, 1.807) is 0 Å². The fourth-order valence-electron chi connectivity index (χ4n) is 8.17. The first-order chi connectivity index (χ1) is 25.0. The summed E-state index contributed by atoms with van der Waals surface area (Å²) in [5.74, 6) is 0.948. The molecule has 5 aromatic carbocycles. The fourth-order valence-corrected chi connectivity index (χ4v) is 8.17. The molecule has 1 aliphatic rings. The molecule has 5 heteroatoms. The van der Waals surface area contributed by atoms with Gasteiger partial charge in [-0.25, -0.2) is 4.98 Å². The van der Waals surface area contributed by atoms with Crippen molar-refractivity contribution >= 4 is 56.3 Å². The second-order valence-electron chi connectivity index (χ2n) is 15.6. The van der Waals surface area contributed by atoms with Crippen LogP contribution in [0.5, 0.6) is 0 Å². The molecule has 0 spiro atoms. The lowest BCUT2D eigenvalue weighted by atomic mass is 9.37. The Morgan fingerprint density at radius 2 is 1.19 bits per heavy atom. The highest BCUT2D eigenvalue weighted by atomic mass is 15.3. The van der Waals surface area contributed by atoms with E-state index in [0.717, 1.165) is 12.5 Å². The molecule has 0 fully saturated rings. The molecule has 8 rings (SSSR count). The lowest BCUT2D eigenvalue weighted by Crippen LogP contribution is -2.52. The predicted octanol–water partition coefficient (Wildman–Crippen LogP) is 9.29. The van der Waals surface area contributed by atoms with Crippen molar-refractivity contribution in [2.24, 2.45) is 0 Å². The molecular weight excluding hydrogens is 631 g/mol. The predicted molar refractivity (Wildman–Crippen MR) is 224 cm³/mol. The molecule has 52 heavy (non-hydrogen) atoms. The summed E-state index contributed by atoms with van der Waals surface area (Å²) in [5.41, 5.74) is 16.8. The lowest BCUT2D eigenvalue weighted by Gasteiger charge is -2.28. The Balaban J connectivity index is 1.23. The minimum Gasteiger partial charge on any atom is -0.328 e. The Bertz CT molecular complexity index is 2470. The third-order valence-corrected chi connectivity index (χ3v) is 11.5. The fraction of sp³-hybridized carbons (Fsp3) is 0.213. The number of hydrogen-bond donors (Lipinski definition) is 0. The van der Waals surface area contributed by atoms with Crippen LogP contribution in [0.25, 0.3) is 27.6 Å². The summed E-state index contributed by atoms with van der Waals surface area (Å²) in [6.45, 7) is 18.9. The van der Waals surface area contributed by atoms with Crippen molar-refractivity contribution in [2.75, 3.05) is 16.5 Å². The van der Waals surface area contributed by atoms with Gasteiger partial charge in [-0.15, -0.1) is 0 Å². The van der Waals surface area contributed by atoms with Crippen molar-refractivity contribution in [3.8, 4) is 5.82 Å². The lowest BCUT2D eigenvalue weighted by molar-refractivity contribution is 0.588. The Morgan fingerprint density at radius 1 is 0.558 bits per heavy atom. The van der Waals surface area contributed by atoms with E-state index >= 15 is 0 Å². The van der Waals surface area contributed by atoms with Gasteiger partial charge >= 0.3 is 0 Å². The van der Waals surface area contributed by atoms with Crippen LogP contribution in [0.1, 0.15) is 54.2 Å². The summed E-state index contributed by atoms with van der Waals surface area (Å²) in [5, 5.41) is 2.47. The number of fused-ring (bicyclic) bond motifs is 3. The summed E-state index contributed by atoms with van der Waals surface area (Å²) >= 11 is 0. The third kappa shape index (κ3) is 5.69. The smallest absolute Gasteiger partial charge is 0.241 e. The second kappa shape index (κ2) is 12.9. The highest BCUT2D eigenvalue weighted by Crippen LogP contribution is 2.36. The van der Waals surface area contributed by atoms with E-state index in [-0.39, 0.29) is 12.1 Å². The number of rotatable bonds is 6. The Labute approximate surface area is 309 Å². The normalized spacial score (nSPS) is 13.2. The number of anilines is 2. The first kappa shape index (κ1) is 33.6.